The Bertz CT molecular complexity index is 763. The first-order chi connectivity index (χ1) is 9.16. The van der Waals surface area contributed by atoms with Crippen molar-refractivity contribution in [2.24, 2.45) is 0 Å². The smallest absolute Gasteiger partial charge is 0.338 e. The predicted octanol–water partition coefficient (Wildman–Crippen LogP) is 2.63. The molecule has 3 aromatic rings. The zero-order valence-corrected chi connectivity index (χ0v) is 9.79. The average molecular weight is 254 g/mol. The first-order valence-corrected chi connectivity index (χ1v) is 5.65. The lowest BCUT2D eigenvalue weighted by molar-refractivity contribution is 0.0700. The molecule has 0 unspecified atom stereocenters. The number of aromatic carboxylic acids is 1. The van der Waals surface area contributed by atoms with Gasteiger partial charge in [-0.05, 0) is 30.3 Å². The number of aromatic nitrogens is 2. The van der Waals surface area contributed by atoms with Gasteiger partial charge in [-0.15, -0.1) is 0 Å². The number of aromatic amines is 1. The fourth-order valence-corrected chi connectivity index (χ4v) is 2.13. The normalized spacial score (nSPS) is 10.7. The lowest BCUT2D eigenvalue weighted by Crippen LogP contribution is -1.97. The van der Waals surface area contributed by atoms with Crippen molar-refractivity contribution in [2.45, 2.75) is 0 Å². The van der Waals surface area contributed by atoms with Gasteiger partial charge in [0.25, 0.3) is 0 Å². The number of rotatable bonds is 2. The van der Waals surface area contributed by atoms with E-state index in [1.807, 2.05) is 0 Å². The Labute approximate surface area is 108 Å². The van der Waals surface area contributed by atoms with Gasteiger partial charge in [0.1, 0.15) is 5.75 Å². The molecule has 0 spiro atoms. The summed E-state index contributed by atoms with van der Waals surface area (Å²) in [7, 11) is 0. The summed E-state index contributed by atoms with van der Waals surface area (Å²) in [5, 5.41) is 19.4. The highest BCUT2D eigenvalue weighted by Crippen LogP contribution is 2.31. The second-order valence-electron chi connectivity index (χ2n) is 4.15. The third kappa shape index (κ3) is 1.81. The van der Waals surface area contributed by atoms with E-state index in [-0.39, 0.29) is 11.3 Å². The molecule has 19 heavy (non-hydrogen) atoms. The maximum absolute atomic E-state index is 11.5. The maximum atomic E-state index is 11.5. The summed E-state index contributed by atoms with van der Waals surface area (Å²) < 4.78 is 0. The highest BCUT2D eigenvalue weighted by Gasteiger charge is 2.19. The van der Waals surface area contributed by atoms with Gasteiger partial charge >= 0.3 is 5.97 Å². The minimum Gasteiger partial charge on any atom is -0.508 e. The minimum atomic E-state index is -1.05. The summed E-state index contributed by atoms with van der Waals surface area (Å²) in [6.45, 7) is 0. The maximum Gasteiger partial charge on any atom is 0.338 e. The molecule has 0 radical (unpaired) electrons. The zero-order chi connectivity index (χ0) is 13.4. The van der Waals surface area contributed by atoms with Crippen LogP contribution < -0.4 is 0 Å². The molecule has 94 valence electrons. The van der Waals surface area contributed by atoms with Gasteiger partial charge in [0.2, 0.25) is 0 Å². The highest BCUT2D eigenvalue weighted by molar-refractivity contribution is 6.09. The molecule has 5 heteroatoms. The summed E-state index contributed by atoms with van der Waals surface area (Å²) in [5.74, 6) is -1.01. The molecule has 0 bridgehead atoms. The Balaban J connectivity index is 2.36. The third-order valence-corrected chi connectivity index (χ3v) is 2.95. The van der Waals surface area contributed by atoms with Gasteiger partial charge in [-0.25, -0.2) is 4.79 Å². The van der Waals surface area contributed by atoms with Gasteiger partial charge in [0, 0.05) is 28.9 Å². The minimum absolute atomic E-state index is 0.0340. The van der Waals surface area contributed by atoms with E-state index in [1.54, 1.807) is 30.6 Å². The summed E-state index contributed by atoms with van der Waals surface area (Å²) in [6, 6.07) is 8.12. The van der Waals surface area contributed by atoms with Crippen LogP contribution in [0.2, 0.25) is 0 Å². The molecule has 2 aromatic heterocycles. The molecular weight excluding hydrogens is 244 g/mol. The van der Waals surface area contributed by atoms with Crippen molar-refractivity contribution >= 4 is 16.9 Å². The Morgan fingerprint density at radius 1 is 1.26 bits per heavy atom. The summed E-state index contributed by atoms with van der Waals surface area (Å²) in [6.07, 6.45) is 3.22. The fourth-order valence-electron chi connectivity index (χ4n) is 2.13. The van der Waals surface area contributed by atoms with Crippen molar-refractivity contribution < 1.29 is 15.0 Å². The van der Waals surface area contributed by atoms with Crippen molar-refractivity contribution in [1.82, 2.24) is 9.97 Å². The standard InChI is InChI=1S/C14H10N2O3/c17-9-3-4-11-10(6-9)12(14(18)19)13(16-11)8-2-1-5-15-7-8/h1-7,16-17H,(H,18,19). The van der Waals surface area contributed by atoms with E-state index in [1.165, 1.54) is 12.1 Å². The van der Waals surface area contributed by atoms with E-state index >= 15 is 0 Å². The van der Waals surface area contributed by atoms with Crippen molar-refractivity contribution in [3.05, 3.63) is 48.3 Å². The van der Waals surface area contributed by atoms with E-state index in [4.69, 9.17) is 0 Å². The number of hydrogen-bond donors (Lipinski definition) is 3. The number of carboxylic acid groups (broad SMARTS) is 1. The lowest BCUT2D eigenvalue weighted by atomic mass is 10.1. The number of aromatic hydroxyl groups is 1. The number of hydrogen-bond acceptors (Lipinski definition) is 3. The first kappa shape index (κ1) is 11.3. The van der Waals surface area contributed by atoms with Gasteiger partial charge in [-0.1, -0.05) is 0 Å². The number of phenolic OH excluding ortho intramolecular Hbond substituents is 1. The van der Waals surface area contributed by atoms with Gasteiger partial charge in [0.15, 0.2) is 0 Å². The molecule has 1 aromatic carbocycles. The van der Waals surface area contributed by atoms with E-state index in [9.17, 15) is 15.0 Å². The number of carboxylic acids is 1. The molecule has 3 N–H and O–H groups in total. The molecule has 0 fully saturated rings. The van der Waals surface area contributed by atoms with Crippen LogP contribution in [0.15, 0.2) is 42.7 Å². The number of nitrogens with one attached hydrogen (secondary N) is 1. The molecule has 0 aliphatic carbocycles. The molecule has 0 saturated heterocycles. The number of benzene rings is 1. The molecule has 0 atom stereocenters. The largest absolute Gasteiger partial charge is 0.508 e. The lowest BCUT2D eigenvalue weighted by Gasteiger charge is -1.99. The Hall–Kier alpha value is -2.82. The van der Waals surface area contributed by atoms with Crippen molar-refractivity contribution in [1.29, 1.82) is 0 Å². The molecule has 0 saturated carbocycles. The monoisotopic (exact) mass is 254 g/mol. The van der Waals surface area contributed by atoms with Crippen LogP contribution >= 0.6 is 0 Å². The molecule has 0 aliphatic rings. The second-order valence-corrected chi connectivity index (χ2v) is 4.15. The molecule has 0 aliphatic heterocycles. The van der Waals surface area contributed by atoms with Crippen LogP contribution in [-0.4, -0.2) is 26.2 Å². The van der Waals surface area contributed by atoms with Gasteiger partial charge in [-0.2, -0.15) is 0 Å². The number of pyridine rings is 1. The molecule has 2 heterocycles. The van der Waals surface area contributed by atoms with Gasteiger partial charge in [0.05, 0.1) is 11.3 Å². The van der Waals surface area contributed by atoms with Crippen molar-refractivity contribution in [3.63, 3.8) is 0 Å². The van der Waals surface area contributed by atoms with E-state index in [0.717, 1.165) is 0 Å². The number of H-pyrrole nitrogens is 1. The first-order valence-electron chi connectivity index (χ1n) is 5.65. The van der Waals surface area contributed by atoms with E-state index in [0.29, 0.717) is 22.2 Å². The van der Waals surface area contributed by atoms with Gasteiger partial charge in [-0.3, -0.25) is 4.98 Å². The number of fused-ring (bicyclic) bond motifs is 1. The van der Waals surface area contributed by atoms with E-state index < -0.39 is 5.97 Å². The second kappa shape index (κ2) is 4.13. The zero-order valence-electron chi connectivity index (χ0n) is 9.79. The summed E-state index contributed by atoms with van der Waals surface area (Å²) >= 11 is 0. The van der Waals surface area contributed by atoms with Crippen LogP contribution in [0.25, 0.3) is 22.2 Å². The Morgan fingerprint density at radius 2 is 2.11 bits per heavy atom. The Kier molecular flexibility index (Phi) is 2.45. The van der Waals surface area contributed by atoms with Crippen molar-refractivity contribution in [3.8, 4) is 17.0 Å². The number of phenols is 1. The molecule has 5 nitrogen and oxygen atoms in total. The number of nitrogens with zero attached hydrogens (tertiary/aromatic N) is 1. The van der Waals surface area contributed by atoms with Crippen LogP contribution in [0.5, 0.6) is 5.75 Å². The molecular formula is C14H10N2O3. The fraction of sp³-hybridized carbons (Fsp3) is 0. The van der Waals surface area contributed by atoms with Crippen LogP contribution in [0.3, 0.4) is 0 Å². The Morgan fingerprint density at radius 3 is 2.79 bits per heavy atom. The van der Waals surface area contributed by atoms with Gasteiger partial charge < -0.3 is 15.2 Å². The quantitative estimate of drug-likeness (QED) is 0.656. The number of carbonyl (C=O) groups is 1. The molecule has 3 rings (SSSR count). The van der Waals surface area contributed by atoms with Crippen LogP contribution in [0.1, 0.15) is 10.4 Å². The average Bonchev–Trinajstić information content (AvgIpc) is 2.78. The van der Waals surface area contributed by atoms with Crippen molar-refractivity contribution in [2.75, 3.05) is 0 Å². The summed E-state index contributed by atoms with van der Waals surface area (Å²) in [4.78, 5) is 18.5. The summed E-state index contributed by atoms with van der Waals surface area (Å²) in [5.41, 5.74) is 1.98. The van der Waals surface area contributed by atoms with Crippen LogP contribution in [0.4, 0.5) is 0 Å². The van der Waals surface area contributed by atoms with Crippen LogP contribution in [-0.2, 0) is 0 Å². The highest BCUT2D eigenvalue weighted by atomic mass is 16.4. The topological polar surface area (TPSA) is 86.2 Å². The molecule has 0 amide bonds. The van der Waals surface area contributed by atoms with Crippen LogP contribution in [0, 0.1) is 0 Å². The predicted molar refractivity (Wildman–Crippen MR) is 70.2 cm³/mol. The SMILES string of the molecule is O=C(O)c1c(-c2cccnc2)[nH]c2ccc(O)cc12. The van der Waals surface area contributed by atoms with E-state index in [2.05, 4.69) is 9.97 Å². The third-order valence-electron chi connectivity index (χ3n) is 2.95.